The molecule has 0 aliphatic carbocycles. The maximum absolute atomic E-state index is 11.0. The van der Waals surface area contributed by atoms with Crippen LogP contribution in [0.15, 0.2) is 35.4 Å². The minimum atomic E-state index is -0.798. The third-order valence-electron chi connectivity index (χ3n) is 2.63. The minimum Gasteiger partial charge on any atom is -0.480 e. The van der Waals surface area contributed by atoms with Crippen molar-refractivity contribution >= 4 is 12.2 Å². The van der Waals surface area contributed by atoms with E-state index in [1.54, 1.807) is 11.2 Å². The minimum absolute atomic E-state index is 0.495. The molecule has 16 heavy (non-hydrogen) atoms. The molecule has 0 aromatic heterocycles. The van der Waals surface area contributed by atoms with Crippen LogP contribution in [-0.2, 0) is 11.3 Å². The van der Waals surface area contributed by atoms with Gasteiger partial charge in [0, 0.05) is 6.21 Å². The average molecular weight is 218 g/mol. The van der Waals surface area contributed by atoms with Crippen LogP contribution in [0.5, 0.6) is 0 Å². The van der Waals surface area contributed by atoms with E-state index in [-0.39, 0.29) is 0 Å². The van der Waals surface area contributed by atoms with Crippen molar-refractivity contribution in [3.8, 4) is 0 Å². The van der Waals surface area contributed by atoms with Crippen molar-refractivity contribution in [2.45, 2.75) is 25.4 Å². The molecule has 0 fully saturated rings. The summed E-state index contributed by atoms with van der Waals surface area (Å²) in [5.41, 5.74) is 1.08. The number of aliphatic carboxylic acids is 1. The number of hydrazone groups is 1. The lowest BCUT2D eigenvalue weighted by Gasteiger charge is -2.28. The quantitative estimate of drug-likeness (QED) is 0.840. The van der Waals surface area contributed by atoms with Crippen molar-refractivity contribution in [3.05, 3.63) is 35.9 Å². The largest absolute Gasteiger partial charge is 0.480 e. The first kappa shape index (κ1) is 10.7. The van der Waals surface area contributed by atoms with Gasteiger partial charge >= 0.3 is 5.97 Å². The van der Waals surface area contributed by atoms with Crippen molar-refractivity contribution in [3.63, 3.8) is 0 Å². The maximum atomic E-state index is 11.0. The van der Waals surface area contributed by atoms with Gasteiger partial charge in [0.1, 0.15) is 6.04 Å². The van der Waals surface area contributed by atoms with E-state index >= 15 is 0 Å². The molecule has 1 aliphatic heterocycles. The fourth-order valence-electron chi connectivity index (χ4n) is 1.80. The van der Waals surface area contributed by atoms with Crippen LogP contribution in [0.2, 0.25) is 0 Å². The van der Waals surface area contributed by atoms with E-state index in [2.05, 4.69) is 5.10 Å². The van der Waals surface area contributed by atoms with Gasteiger partial charge in [-0.15, -0.1) is 0 Å². The number of hydrogen-bond donors (Lipinski definition) is 1. The molecule has 0 unspecified atom stereocenters. The van der Waals surface area contributed by atoms with Gasteiger partial charge in [0.15, 0.2) is 0 Å². The molecule has 0 saturated carbocycles. The van der Waals surface area contributed by atoms with Gasteiger partial charge in [-0.2, -0.15) is 5.10 Å². The lowest BCUT2D eigenvalue weighted by Crippen LogP contribution is -2.39. The molecule has 0 radical (unpaired) electrons. The smallest absolute Gasteiger partial charge is 0.328 e. The van der Waals surface area contributed by atoms with E-state index < -0.39 is 12.0 Å². The van der Waals surface area contributed by atoms with Crippen LogP contribution in [0.1, 0.15) is 18.4 Å². The average Bonchev–Trinajstić information content (AvgIpc) is 2.31. The number of hydrogen-bond acceptors (Lipinski definition) is 3. The van der Waals surface area contributed by atoms with E-state index in [4.69, 9.17) is 5.11 Å². The molecule has 0 bridgehead atoms. The summed E-state index contributed by atoms with van der Waals surface area (Å²) in [6.07, 6.45) is 3.15. The van der Waals surface area contributed by atoms with Crippen LogP contribution in [0, 0.1) is 0 Å². The van der Waals surface area contributed by atoms with Crippen LogP contribution in [-0.4, -0.2) is 28.3 Å². The maximum Gasteiger partial charge on any atom is 0.328 e. The Kier molecular flexibility index (Phi) is 3.19. The van der Waals surface area contributed by atoms with Crippen LogP contribution >= 0.6 is 0 Å². The van der Waals surface area contributed by atoms with Crippen molar-refractivity contribution in [2.24, 2.45) is 5.10 Å². The van der Waals surface area contributed by atoms with Crippen LogP contribution < -0.4 is 0 Å². The molecule has 84 valence electrons. The Balaban J connectivity index is 2.10. The van der Waals surface area contributed by atoms with E-state index in [1.165, 1.54) is 0 Å². The molecule has 1 heterocycles. The Labute approximate surface area is 94.2 Å². The second kappa shape index (κ2) is 4.79. The van der Waals surface area contributed by atoms with Gasteiger partial charge < -0.3 is 5.11 Å². The zero-order valence-electron chi connectivity index (χ0n) is 8.91. The van der Waals surface area contributed by atoms with Crippen molar-refractivity contribution in [2.75, 3.05) is 0 Å². The Morgan fingerprint density at radius 1 is 1.44 bits per heavy atom. The van der Waals surface area contributed by atoms with E-state index in [0.29, 0.717) is 13.0 Å². The number of carboxylic acids is 1. The van der Waals surface area contributed by atoms with Gasteiger partial charge in [-0.25, -0.2) is 4.79 Å². The van der Waals surface area contributed by atoms with Gasteiger partial charge in [-0.1, -0.05) is 30.3 Å². The molecule has 4 nitrogen and oxygen atoms in total. The number of rotatable bonds is 3. The topological polar surface area (TPSA) is 52.9 Å². The highest BCUT2D eigenvalue weighted by Crippen LogP contribution is 2.16. The van der Waals surface area contributed by atoms with Crippen molar-refractivity contribution in [1.29, 1.82) is 0 Å². The fourth-order valence-corrected chi connectivity index (χ4v) is 1.80. The number of carboxylic acid groups (broad SMARTS) is 1. The first-order valence-electron chi connectivity index (χ1n) is 5.33. The molecule has 0 spiro atoms. The van der Waals surface area contributed by atoms with Gasteiger partial charge in [-0.3, -0.25) is 5.01 Å². The van der Waals surface area contributed by atoms with E-state index in [0.717, 1.165) is 12.0 Å². The van der Waals surface area contributed by atoms with E-state index in [1.807, 2.05) is 30.3 Å². The highest BCUT2D eigenvalue weighted by Gasteiger charge is 2.26. The normalized spacial score (nSPS) is 19.8. The van der Waals surface area contributed by atoms with Gasteiger partial charge in [-0.05, 0) is 18.4 Å². The number of nitrogens with zero attached hydrogens (tertiary/aromatic N) is 2. The lowest BCUT2D eigenvalue weighted by atomic mass is 10.1. The summed E-state index contributed by atoms with van der Waals surface area (Å²) >= 11 is 0. The Hall–Kier alpha value is -1.84. The predicted molar refractivity (Wildman–Crippen MR) is 61.1 cm³/mol. The Morgan fingerprint density at radius 3 is 2.88 bits per heavy atom. The SMILES string of the molecule is O=C(O)[C@H]1CCC=NN1Cc1ccccc1. The third kappa shape index (κ3) is 2.39. The van der Waals surface area contributed by atoms with E-state index in [9.17, 15) is 4.79 Å². The molecule has 1 aromatic carbocycles. The zero-order valence-corrected chi connectivity index (χ0v) is 8.91. The fraction of sp³-hybridized carbons (Fsp3) is 0.333. The molecular formula is C12H14N2O2. The molecule has 2 rings (SSSR count). The van der Waals surface area contributed by atoms with Gasteiger partial charge in [0.25, 0.3) is 0 Å². The van der Waals surface area contributed by atoms with Crippen LogP contribution in [0.4, 0.5) is 0 Å². The number of benzene rings is 1. The van der Waals surface area contributed by atoms with Crippen LogP contribution in [0.3, 0.4) is 0 Å². The highest BCUT2D eigenvalue weighted by atomic mass is 16.4. The molecule has 4 heteroatoms. The monoisotopic (exact) mass is 218 g/mol. The zero-order chi connectivity index (χ0) is 11.4. The molecule has 1 N–H and O–H groups in total. The molecule has 1 aliphatic rings. The first-order chi connectivity index (χ1) is 7.77. The molecular weight excluding hydrogens is 204 g/mol. The third-order valence-corrected chi connectivity index (χ3v) is 2.63. The second-order valence-electron chi connectivity index (χ2n) is 3.81. The van der Waals surface area contributed by atoms with Gasteiger partial charge in [0.2, 0.25) is 0 Å². The molecule has 0 saturated heterocycles. The Morgan fingerprint density at radius 2 is 2.19 bits per heavy atom. The molecule has 1 atom stereocenters. The second-order valence-corrected chi connectivity index (χ2v) is 3.81. The Bertz CT molecular complexity index is 389. The van der Waals surface area contributed by atoms with Crippen LogP contribution in [0.25, 0.3) is 0 Å². The summed E-state index contributed by atoms with van der Waals surface area (Å²) in [6, 6.07) is 9.28. The van der Waals surface area contributed by atoms with Crippen molar-refractivity contribution in [1.82, 2.24) is 5.01 Å². The summed E-state index contributed by atoms with van der Waals surface area (Å²) in [5, 5.41) is 14.9. The summed E-state index contributed by atoms with van der Waals surface area (Å²) in [6.45, 7) is 0.550. The lowest BCUT2D eigenvalue weighted by molar-refractivity contribution is -0.144. The van der Waals surface area contributed by atoms with Gasteiger partial charge in [0.05, 0.1) is 6.54 Å². The van der Waals surface area contributed by atoms with Crippen molar-refractivity contribution < 1.29 is 9.90 Å². The first-order valence-corrected chi connectivity index (χ1v) is 5.33. The summed E-state index contributed by atoms with van der Waals surface area (Å²) in [7, 11) is 0. The number of carbonyl (C=O) groups is 1. The highest BCUT2D eigenvalue weighted by molar-refractivity contribution is 5.75. The molecule has 1 aromatic rings. The standard InChI is InChI=1S/C12H14N2O2/c15-12(16)11-7-4-8-13-14(11)9-10-5-2-1-3-6-10/h1-3,5-6,8,11H,4,7,9H2,(H,15,16)/t11-/m1/s1. The summed E-state index contributed by atoms with van der Waals surface area (Å²) in [5.74, 6) is -0.798. The summed E-state index contributed by atoms with van der Waals surface area (Å²) in [4.78, 5) is 11.0. The molecule has 0 amide bonds. The summed E-state index contributed by atoms with van der Waals surface area (Å²) < 4.78 is 0. The predicted octanol–water partition coefficient (Wildman–Crippen LogP) is 1.72.